The highest BCUT2D eigenvalue weighted by Crippen LogP contribution is 2.54. The van der Waals surface area contributed by atoms with Gasteiger partial charge in [0.05, 0.1) is 35.2 Å². The lowest BCUT2D eigenvalue weighted by atomic mass is 9.96. The number of rotatable bonds is 4. The number of halogens is 2. The van der Waals surface area contributed by atoms with E-state index in [1.165, 1.54) is 18.5 Å². The molecule has 0 spiro atoms. The molecule has 1 saturated heterocycles. The number of hydrogen-bond acceptors (Lipinski definition) is 5. The van der Waals surface area contributed by atoms with Gasteiger partial charge in [0.15, 0.2) is 5.82 Å². The number of nitrogens with one attached hydrogen (secondary N) is 1. The molecule has 0 amide bonds. The van der Waals surface area contributed by atoms with Crippen LogP contribution < -0.4 is 4.90 Å². The van der Waals surface area contributed by atoms with Crippen LogP contribution in [0.5, 0.6) is 0 Å². The van der Waals surface area contributed by atoms with Crippen LogP contribution in [0.4, 0.5) is 19.5 Å². The summed E-state index contributed by atoms with van der Waals surface area (Å²) in [5.41, 5.74) is -0.541. The number of aromatic amines is 1. The van der Waals surface area contributed by atoms with E-state index in [1.807, 2.05) is 23.1 Å². The maximum Gasteiger partial charge on any atom is 0.291 e. The molecule has 0 saturated carbocycles. The molecule has 1 fully saturated rings. The van der Waals surface area contributed by atoms with E-state index in [0.29, 0.717) is 36.7 Å². The van der Waals surface area contributed by atoms with Crippen molar-refractivity contribution >= 4 is 32.8 Å². The fourth-order valence-electron chi connectivity index (χ4n) is 3.80. The normalized spacial score (nSPS) is 14.7. The molecular weight excluding hydrogens is 420 g/mol. The van der Waals surface area contributed by atoms with E-state index < -0.39 is 5.92 Å². The van der Waals surface area contributed by atoms with Gasteiger partial charge in [-0.05, 0) is 16.8 Å². The molecule has 0 radical (unpaired) electrons. The number of aromatic nitrogens is 3. The molecule has 0 unspecified atom stereocenters. The second-order valence-corrected chi connectivity index (χ2v) is 8.14. The van der Waals surface area contributed by atoms with Gasteiger partial charge >= 0.3 is 0 Å². The van der Waals surface area contributed by atoms with Crippen LogP contribution in [0.15, 0.2) is 48.8 Å². The molecule has 31 heavy (non-hydrogen) atoms. The highest BCUT2D eigenvalue weighted by molar-refractivity contribution is 7.20. The minimum Gasteiger partial charge on any atom is -0.378 e. The first-order valence-electron chi connectivity index (χ1n) is 9.70. The van der Waals surface area contributed by atoms with Crippen LogP contribution in [0.25, 0.3) is 26.3 Å². The van der Waals surface area contributed by atoms with E-state index >= 15 is 8.78 Å². The van der Waals surface area contributed by atoms with Gasteiger partial charge in [0, 0.05) is 18.7 Å². The van der Waals surface area contributed by atoms with Gasteiger partial charge in [-0.2, -0.15) is 13.9 Å². The van der Waals surface area contributed by atoms with Crippen molar-refractivity contribution in [1.29, 1.82) is 0 Å². The van der Waals surface area contributed by atoms with Gasteiger partial charge in [-0.15, -0.1) is 11.3 Å². The summed E-state index contributed by atoms with van der Waals surface area (Å²) in [7, 11) is 0. The van der Waals surface area contributed by atoms with Gasteiger partial charge in [-0.25, -0.2) is 9.83 Å². The van der Waals surface area contributed by atoms with Gasteiger partial charge in [0.1, 0.15) is 6.33 Å². The Morgan fingerprint density at radius 1 is 1.13 bits per heavy atom. The number of thiophene rings is 1. The quantitative estimate of drug-likeness (QED) is 0.445. The fourth-order valence-corrected chi connectivity index (χ4v) is 5.07. The molecule has 2 aromatic carbocycles. The van der Waals surface area contributed by atoms with Crippen LogP contribution in [-0.2, 0) is 10.7 Å². The summed E-state index contributed by atoms with van der Waals surface area (Å²) in [5, 5.41) is 8.62. The van der Waals surface area contributed by atoms with E-state index in [2.05, 4.69) is 20.0 Å². The average Bonchev–Trinajstić information content (AvgIpc) is 3.47. The Kier molecular flexibility index (Phi) is 4.88. The van der Waals surface area contributed by atoms with Gasteiger partial charge in [0.2, 0.25) is 5.69 Å². The van der Waals surface area contributed by atoms with Crippen molar-refractivity contribution in [3.63, 3.8) is 0 Å². The van der Waals surface area contributed by atoms with Gasteiger partial charge in [-0.3, -0.25) is 5.10 Å². The summed E-state index contributed by atoms with van der Waals surface area (Å²) in [4.78, 5) is 9.83. The van der Waals surface area contributed by atoms with Crippen LogP contribution in [0.1, 0.15) is 11.1 Å². The first kappa shape index (κ1) is 19.6. The smallest absolute Gasteiger partial charge is 0.291 e. The zero-order chi connectivity index (χ0) is 21.4. The highest BCUT2D eigenvalue weighted by Gasteiger charge is 2.43. The minimum atomic E-state index is -3.40. The van der Waals surface area contributed by atoms with Gasteiger partial charge in [-0.1, -0.05) is 36.4 Å². The number of fused-ring (bicyclic) bond motifs is 1. The second kappa shape index (κ2) is 7.72. The average molecular weight is 437 g/mol. The fraction of sp³-hybridized carbons (Fsp3) is 0.227. The number of nitrogens with zero attached hydrogens (tertiary/aromatic N) is 4. The van der Waals surface area contributed by atoms with Gasteiger partial charge < -0.3 is 9.64 Å². The first-order valence-corrected chi connectivity index (χ1v) is 10.5. The van der Waals surface area contributed by atoms with Crippen molar-refractivity contribution in [3.8, 4) is 10.7 Å². The molecule has 9 heteroatoms. The summed E-state index contributed by atoms with van der Waals surface area (Å²) in [6, 6.07) is 11.9. The number of alkyl halides is 2. The van der Waals surface area contributed by atoms with E-state index in [4.69, 9.17) is 11.3 Å². The summed E-state index contributed by atoms with van der Waals surface area (Å²) in [5.74, 6) is -3.17. The molecule has 2 aromatic heterocycles. The van der Waals surface area contributed by atoms with Crippen LogP contribution in [0.2, 0.25) is 0 Å². The van der Waals surface area contributed by atoms with Crippen molar-refractivity contribution in [2.75, 3.05) is 31.2 Å². The van der Waals surface area contributed by atoms with Crippen molar-refractivity contribution in [3.05, 3.63) is 71.3 Å². The minimum absolute atomic E-state index is 0.0449. The number of hydrogen-bond donors (Lipinski definition) is 1. The molecule has 1 N–H and O–H groups in total. The number of H-pyrrole nitrogens is 1. The van der Waals surface area contributed by atoms with Crippen molar-refractivity contribution in [2.24, 2.45) is 0 Å². The summed E-state index contributed by atoms with van der Waals surface area (Å²) in [6.07, 6.45) is 1.28. The van der Waals surface area contributed by atoms with Crippen LogP contribution in [0, 0.1) is 6.57 Å². The molecule has 4 aromatic rings. The molecule has 0 bridgehead atoms. The maximum atomic E-state index is 16.1. The molecule has 5 rings (SSSR count). The molecule has 0 aliphatic carbocycles. The second-order valence-electron chi connectivity index (χ2n) is 7.14. The lowest BCUT2D eigenvalue weighted by Crippen LogP contribution is -2.35. The Bertz CT molecular complexity index is 1270. The number of morpholine rings is 1. The zero-order valence-corrected chi connectivity index (χ0v) is 17.1. The molecule has 1 aliphatic heterocycles. The molecular formula is C22H17F2N5OS. The van der Waals surface area contributed by atoms with Crippen molar-refractivity contribution < 1.29 is 13.5 Å². The van der Waals surface area contributed by atoms with E-state index in [9.17, 15) is 0 Å². The first-order chi connectivity index (χ1) is 15.1. The lowest BCUT2D eigenvalue weighted by molar-refractivity contribution is 0.0449. The third-order valence-electron chi connectivity index (χ3n) is 5.33. The third-order valence-corrected chi connectivity index (χ3v) is 6.58. The van der Waals surface area contributed by atoms with E-state index in [0.717, 1.165) is 16.7 Å². The van der Waals surface area contributed by atoms with Gasteiger partial charge in [0.25, 0.3) is 5.92 Å². The molecule has 1 aliphatic rings. The van der Waals surface area contributed by atoms with Crippen LogP contribution >= 0.6 is 11.3 Å². The van der Waals surface area contributed by atoms with Crippen molar-refractivity contribution in [2.45, 2.75) is 5.92 Å². The molecule has 0 atom stereocenters. The highest BCUT2D eigenvalue weighted by atomic mass is 32.1. The SMILES string of the molecule is [C-]#[N+]c1c(N2CCOCC2)sc(-c2ncn[nH]2)c1C(F)(F)c1ccc2ccccc2c1. The monoisotopic (exact) mass is 437 g/mol. The Hall–Kier alpha value is -3.35. The zero-order valence-electron chi connectivity index (χ0n) is 16.3. The summed E-state index contributed by atoms with van der Waals surface area (Å²) >= 11 is 1.14. The predicted octanol–water partition coefficient (Wildman–Crippen LogP) is 5.21. The lowest BCUT2D eigenvalue weighted by Gasteiger charge is -2.28. The Labute approximate surface area is 180 Å². The Morgan fingerprint density at radius 2 is 1.90 bits per heavy atom. The third kappa shape index (κ3) is 3.34. The number of ether oxygens (including phenoxy) is 1. The van der Waals surface area contributed by atoms with Crippen molar-refractivity contribution in [1.82, 2.24) is 15.2 Å². The van der Waals surface area contributed by atoms with E-state index in [1.54, 1.807) is 12.1 Å². The predicted molar refractivity (Wildman–Crippen MR) is 116 cm³/mol. The Balaban J connectivity index is 1.72. The summed E-state index contributed by atoms with van der Waals surface area (Å²) in [6.45, 7) is 9.81. The van der Waals surface area contributed by atoms with E-state index in [-0.39, 0.29) is 27.5 Å². The topological polar surface area (TPSA) is 58.4 Å². The van der Waals surface area contributed by atoms with Crippen LogP contribution in [0.3, 0.4) is 0 Å². The standard InChI is InChI=1S/C22H17F2N5OS/c1-25-18-17(22(23,24)16-7-6-14-4-2-3-5-15(14)12-16)19(20-26-13-27-28-20)31-21(18)29-8-10-30-11-9-29/h2-7,12-13H,8-11H2,(H,26,27,28). The molecule has 6 nitrogen and oxygen atoms in total. The summed E-state index contributed by atoms with van der Waals surface area (Å²) < 4.78 is 37.5. The van der Waals surface area contributed by atoms with Crippen LogP contribution in [-0.4, -0.2) is 41.5 Å². The number of anilines is 1. The largest absolute Gasteiger partial charge is 0.378 e. The maximum absolute atomic E-state index is 16.1. The number of benzene rings is 2. The Morgan fingerprint density at radius 3 is 2.61 bits per heavy atom. The molecule has 3 heterocycles. The molecule has 156 valence electrons.